The molecule has 3 N–H and O–H groups in total. The lowest BCUT2D eigenvalue weighted by atomic mass is 10.0. The number of aliphatic hydroxyl groups is 2. The first-order valence-electron chi connectivity index (χ1n) is 32.4. The molecule has 2 unspecified atom stereocenters. The summed E-state index contributed by atoms with van der Waals surface area (Å²) in [6.45, 7) is 4.86. The van der Waals surface area contributed by atoms with Gasteiger partial charge in [0.2, 0.25) is 5.91 Å². The SMILES string of the molecule is CCCCCC/C=C\C/C=C\CCCCCCCCCC(=O)OCCCCCCCC/C=C\CCCCCC(=O)NC(CO)C(O)/C=C/CCCCCCCCCCCCCCCCCCCCCCCCC. The molecule has 0 bridgehead atoms. The third kappa shape index (κ3) is 58.9. The Morgan fingerprint density at radius 2 is 0.685 bits per heavy atom. The van der Waals surface area contributed by atoms with E-state index in [1.54, 1.807) is 6.08 Å². The Morgan fingerprint density at radius 1 is 0.384 bits per heavy atom. The van der Waals surface area contributed by atoms with Crippen LogP contribution in [0.4, 0.5) is 0 Å². The molecule has 0 aromatic carbocycles. The quantitative estimate of drug-likeness (QED) is 0.0320. The second-order valence-corrected chi connectivity index (χ2v) is 22.1. The van der Waals surface area contributed by atoms with Crippen LogP contribution in [0.1, 0.15) is 341 Å². The molecular weight excluding hydrogens is 899 g/mol. The minimum absolute atomic E-state index is 0.0210. The first-order chi connectivity index (χ1) is 36.0. The number of nitrogens with one attached hydrogen (secondary N) is 1. The van der Waals surface area contributed by atoms with Crippen LogP contribution in [0, 0.1) is 0 Å². The van der Waals surface area contributed by atoms with Gasteiger partial charge in [-0.25, -0.2) is 0 Å². The minimum Gasteiger partial charge on any atom is -0.466 e. The molecule has 6 heteroatoms. The van der Waals surface area contributed by atoms with Crippen LogP contribution in [0.5, 0.6) is 0 Å². The van der Waals surface area contributed by atoms with Gasteiger partial charge < -0.3 is 20.3 Å². The average molecular weight is 1020 g/mol. The highest BCUT2D eigenvalue weighted by molar-refractivity contribution is 5.76. The second-order valence-electron chi connectivity index (χ2n) is 22.1. The highest BCUT2D eigenvalue weighted by Gasteiger charge is 2.18. The number of amides is 1. The largest absolute Gasteiger partial charge is 0.466 e. The molecule has 6 nitrogen and oxygen atoms in total. The van der Waals surface area contributed by atoms with E-state index in [4.69, 9.17) is 4.74 Å². The van der Waals surface area contributed by atoms with Crippen molar-refractivity contribution >= 4 is 11.9 Å². The molecule has 428 valence electrons. The van der Waals surface area contributed by atoms with Gasteiger partial charge in [0.05, 0.1) is 25.4 Å². The van der Waals surface area contributed by atoms with Crippen LogP contribution in [-0.4, -0.2) is 47.4 Å². The van der Waals surface area contributed by atoms with Gasteiger partial charge in [-0.05, 0) is 89.9 Å². The lowest BCUT2D eigenvalue weighted by Gasteiger charge is -2.19. The van der Waals surface area contributed by atoms with Crippen LogP contribution >= 0.6 is 0 Å². The highest BCUT2D eigenvalue weighted by Crippen LogP contribution is 2.17. The number of hydrogen-bond acceptors (Lipinski definition) is 5. The van der Waals surface area contributed by atoms with Gasteiger partial charge in [0.15, 0.2) is 0 Å². The van der Waals surface area contributed by atoms with Crippen LogP contribution in [0.25, 0.3) is 0 Å². The summed E-state index contributed by atoms with van der Waals surface area (Å²) in [7, 11) is 0. The highest BCUT2D eigenvalue weighted by atomic mass is 16.5. The van der Waals surface area contributed by atoms with Crippen LogP contribution in [-0.2, 0) is 14.3 Å². The Balaban J connectivity index is 3.51. The zero-order valence-electron chi connectivity index (χ0n) is 48.9. The molecule has 0 saturated heterocycles. The van der Waals surface area contributed by atoms with Crippen molar-refractivity contribution in [2.45, 2.75) is 353 Å². The summed E-state index contributed by atoms with van der Waals surface area (Å²) in [5.74, 6) is -0.117. The van der Waals surface area contributed by atoms with Crippen molar-refractivity contribution in [2.24, 2.45) is 0 Å². The fourth-order valence-electron chi connectivity index (χ4n) is 9.84. The summed E-state index contributed by atoms with van der Waals surface area (Å²) < 4.78 is 5.48. The Hall–Kier alpha value is -2.18. The molecule has 0 aliphatic rings. The first kappa shape index (κ1) is 70.8. The van der Waals surface area contributed by atoms with E-state index >= 15 is 0 Å². The summed E-state index contributed by atoms with van der Waals surface area (Å²) in [5.41, 5.74) is 0. The van der Waals surface area contributed by atoms with Gasteiger partial charge in [0.1, 0.15) is 0 Å². The van der Waals surface area contributed by atoms with E-state index in [1.807, 2.05) is 6.08 Å². The number of carbonyl (C=O) groups excluding carboxylic acids is 2. The summed E-state index contributed by atoms with van der Waals surface area (Å²) in [6, 6.07) is -0.651. The molecule has 0 aliphatic carbocycles. The molecule has 0 radical (unpaired) electrons. The first-order valence-corrected chi connectivity index (χ1v) is 32.4. The molecule has 0 aromatic rings. The van der Waals surface area contributed by atoms with Crippen molar-refractivity contribution in [2.75, 3.05) is 13.2 Å². The molecular formula is C67H125NO5. The molecule has 0 aliphatic heterocycles. The summed E-state index contributed by atoms with van der Waals surface area (Å²) in [6.07, 6.45) is 80.1. The number of esters is 1. The Bertz CT molecular complexity index is 1230. The maximum Gasteiger partial charge on any atom is 0.305 e. The fourth-order valence-corrected chi connectivity index (χ4v) is 9.84. The number of unbranched alkanes of at least 4 members (excludes halogenated alkanes) is 43. The third-order valence-corrected chi connectivity index (χ3v) is 14.8. The minimum atomic E-state index is -0.865. The monoisotopic (exact) mass is 1020 g/mol. The molecule has 0 saturated carbocycles. The van der Waals surface area contributed by atoms with Gasteiger partial charge in [-0.3, -0.25) is 9.59 Å². The summed E-state index contributed by atoms with van der Waals surface area (Å²) in [5, 5.41) is 23.2. The van der Waals surface area contributed by atoms with Gasteiger partial charge in [-0.15, -0.1) is 0 Å². The Labute approximate surface area is 455 Å². The fraction of sp³-hybridized carbons (Fsp3) is 0.851. The van der Waals surface area contributed by atoms with Crippen LogP contribution < -0.4 is 5.32 Å². The molecule has 0 heterocycles. The number of rotatable bonds is 60. The van der Waals surface area contributed by atoms with Gasteiger partial charge in [-0.2, -0.15) is 0 Å². The lowest BCUT2D eigenvalue weighted by molar-refractivity contribution is -0.143. The van der Waals surface area contributed by atoms with Gasteiger partial charge in [0, 0.05) is 12.8 Å². The van der Waals surface area contributed by atoms with Crippen molar-refractivity contribution in [3.8, 4) is 0 Å². The predicted molar refractivity (Wildman–Crippen MR) is 319 cm³/mol. The van der Waals surface area contributed by atoms with E-state index in [2.05, 4.69) is 55.6 Å². The summed E-state index contributed by atoms with van der Waals surface area (Å²) in [4.78, 5) is 24.6. The van der Waals surface area contributed by atoms with Crippen molar-refractivity contribution in [1.82, 2.24) is 5.32 Å². The maximum absolute atomic E-state index is 12.5. The number of hydrogen-bond donors (Lipinski definition) is 3. The second kappa shape index (κ2) is 62.4. The standard InChI is InChI=1S/C67H125NO5/c1-3-5-7-9-11-13-15-17-19-21-23-24-25-26-27-28-29-30-32-35-39-43-47-51-55-59-65(70)64(63-69)68-66(71)60-56-52-48-44-40-36-34-38-42-46-50-54-58-62-73-67(72)61-57-53-49-45-41-37-33-31-22-20-18-16-14-12-10-8-6-4-2/h14,16,20,22,36,40,55,59,64-65,69-70H,3-13,15,17-19,21,23-35,37-39,41-54,56-58,60-63H2,1-2H3,(H,68,71)/b16-14-,22-20-,40-36-,59-55+. The molecule has 0 rings (SSSR count). The number of ether oxygens (including phenoxy) is 1. The normalized spacial score (nSPS) is 12.9. The molecule has 73 heavy (non-hydrogen) atoms. The van der Waals surface area contributed by atoms with Crippen LogP contribution in [0.15, 0.2) is 48.6 Å². The van der Waals surface area contributed by atoms with Crippen molar-refractivity contribution in [3.63, 3.8) is 0 Å². The molecule has 1 amide bonds. The van der Waals surface area contributed by atoms with E-state index in [0.29, 0.717) is 19.4 Å². The van der Waals surface area contributed by atoms with E-state index in [9.17, 15) is 19.8 Å². The number of allylic oxidation sites excluding steroid dienone is 7. The maximum atomic E-state index is 12.5. The van der Waals surface area contributed by atoms with Gasteiger partial charge in [0.25, 0.3) is 0 Å². The average Bonchev–Trinajstić information content (AvgIpc) is 3.39. The van der Waals surface area contributed by atoms with Gasteiger partial charge >= 0.3 is 5.97 Å². The number of carbonyl (C=O) groups is 2. The van der Waals surface area contributed by atoms with Crippen molar-refractivity contribution in [3.05, 3.63) is 48.6 Å². The topological polar surface area (TPSA) is 95.9 Å². The third-order valence-electron chi connectivity index (χ3n) is 14.8. The molecule has 0 fully saturated rings. The smallest absolute Gasteiger partial charge is 0.305 e. The molecule has 2 atom stereocenters. The Kier molecular flexibility index (Phi) is 60.5. The zero-order chi connectivity index (χ0) is 52.9. The predicted octanol–water partition coefficient (Wildman–Crippen LogP) is 20.5. The lowest BCUT2D eigenvalue weighted by Crippen LogP contribution is -2.45. The number of aliphatic hydroxyl groups excluding tert-OH is 2. The van der Waals surface area contributed by atoms with Crippen molar-refractivity contribution in [1.29, 1.82) is 0 Å². The Morgan fingerprint density at radius 3 is 1.08 bits per heavy atom. The zero-order valence-corrected chi connectivity index (χ0v) is 48.9. The molecule has 0 spiro atoms. The van der Waals surface area contributed by atoms with Crippen molar-refractivity contribution < 1.29 is 24.5 Å². The van der Waals surface area contributed by atoms with Crippen LogP contribution in [0.3, 0.4) is 0 Å². The van der Waals surface area contributed by atoms with Gasteiger partial charge in [-0.1, -0.05) is 287 Å². The molecule has 0 aromatic heterocycles. The van der Waals surface area contributed by atoms with E-state index in [0.717, 1.165) is 77.0 Å². The van der Waals surface area contributed by atoms with E-state index in [1.165, 1.54) is 238 Å². The van der Waals surface area contributed by atoms with E-state index in [-0.39, 0.29) is 18.5 Å². The summed E-state index contributed by atoms with van der Waals surface area (Å²) >= 11 is 0. The van der Waals surface area contributed by atoms with Crippen LogP contribution in [0.2, 0.25) is 0 Å². The van der Waals surface area contributed by atoms with E-state index < -0.39 is 12.1 Å².